The van der Waals surface area contributed by atoms with Crippen molar-refractivity contribution in [3.63, 3.8) is 0 Å². The molecule has 0 aromatic heterocycles. The molecule has 92 valence electrons. The average molecular weight is 345 g/mol. The van der Waals surface area contributed by atoms with Crippen LogP contribution in [-0.4, -0.2) is 10.4 Å². The van der Waals surface area contributed by atoms with Crippen LogP contribution in [0.2, 0.25) is 0 Å². The summed E-state index contributed by atoms with van der Waals surface area (Å²) in [5, 5.41) is 8.80. The Labute approximate surface area is 111 Å². The summed E-state index contributed by atoms with van der Waals surface area (Å²) in [4.78, 5) is 11.5. The molecule has 5 heteroatoms. The quantitative estimate of drug-likeness (QED) is 0.286. The molecule has 0 amide bonds. The molecular formula is C12H14IN2O2-. The molecular weight excluding hydrogens is 331 g/mol. The summed E-state index contributed by atoms with van der Waals surface area (Å²) in [6.45, 7) is 0.259. The maximum absolute atomic E-state index is 11.5. The topological polar surface area (TPSA) is 76.1 Å². The molecule has 1 rings (SSSR count). The van der Waals surface area contributed by atoms with Crippen LogP contribution >= 0.6 is 0 Å². The van der Waals surface area contributed by atoms with Gasteiger partial charge in [0.15, 0.2) is 0 Å². The monoisotopic (exact) mass is 345 g/mol. The number of rotatable bonds is 6. The van der Waals surface area contributed by atoms with Crippen molar-refractivity contribution < 1.29 is 31.0 Å². The van der Waals surface area contributed by atoms with Gasteiger partial charge in [0.05, 0.1) is 0 Å². The van der Waals surface area contributed by atoms with Crippen molar-refractivity contribution in [1.82, 2.24) is 0 Å². The van der Waals surface area contributed by atoms with E-state index >= 15 is 0 Å². The van der Waals surface area contributed by atoms with Gasteiger partial charge in [0.1, 0.15) is 0 Å². The number of benzene rings is 1. The van der Waals surface area contributed by atoms with Gasteiger partial charge in [-0.15, -0.1) is 0 Å². The van der Waals surface area contributed by atoms with Crippen LogP contribution in [0, 0.1) is 17.2 Å². The van der Waals surface area contributed by atoms with Crippen molar-refractivity contribution in [3.05, 3.63) is 35.9 Å². The van der Waals surface area contributed by atoms with Crippen LogP contribution in [0.1, 0.15) is 12.0 Å². The Morgan fingerprint density at radius 2 is 2.18 bits per heavy atom. The normalized spacial score (nSPS) is 11.8. The van der Waals surface area contributed by atoms with Gasteiger partial charge in [-0.1, -0.05) is 0 Å². The van der Waals surface area contributed by atoms with Gasteiger partial charge in [0, 0.05) is 0 Å². The van der Waals surface area contributed by atoms with E-state index < -0.39 is 21.5 Å². The molecule has 0 bridgehead atoms. The van der Waals surface area contributed by atoms with E-state index in [1.54, 1.807) is 0 Å². The summed E-state index contributed by atoms with van der Waals surface area (Å²) in [6, 6.07) is 11.5. The van der Waals surface area contributed by atoms with Crippen LogP contribution in [-0.2, 0) is 16.1 Å². The number of carbonyl (C=O) groups excluding carboxylic acids is 1. The molecule has 4 nitrogen and oxygen atoms in total. The standard InChI is InChI=1S/C12H14IN2O2/c14-8-11(7-13-15)6-12(16)17-9-10-4-2-1-3-5-10/h1-5,11H,6-7,9,15H2/q-1/t11-/m0/s1. The average Bonchev–Trinajstić information content (AvgIpc) is 2.37. The first-order valence-electron chi connectivity index (χ1n) is 5.13. The molecule has 0 saturated carbocycles. The summed E-state index contributed by atoms with van der Waals surface area (Å²) in [6.07, 6.45) is 0.139. The van der Waals surface area contributed by atoms with Gasteiger partial charge in [-0.3, -0.25) is 0 Å². The predicted octanol–water partition coefficient (Wildman–Crippen LogP) is -1.78. The number of halogens is 1. The molecule has 0 saturated heterocycles. The zero-order valence-corrected chi connectivity index (χ0v) is 11.5. The van der Waals surface area contributed by atoms with E-state index in [2.05, 4.69) is 6.07 Å². The Hall–Kier alpha value is -1.13. The van der Waals surface area contributed by atoms with E-state index in [1.807, 2.05) is 30.3 Å². The Kier molecular flexibility index (Phi) is 6.58. The molecule has 0 aliphatic heterocycles. The first kappa shape index (κ1) is 13.9. The van der Waals surface area contributed by atoms with E-state index in [0.29, 0.717) is 4.43 Å². The zero-order chi connectivity index (χ0) is 12.5. The van der Waals surface area contributed by atoms with Gasteiger partial charge in [-0.2, -0.15) is 0 Å². The van der Waals surface area contributed by atoms with Crippen molar-refractivity contribution in [2.24, 2.45) is 9.86 Å². The molecule has 1 atom stereocenters. The fourth-order valence-corrected chi connectivity index (χ4v) is 2.36. The van der Waals surface area contributed by atoms with Crippen LogP contribution in [0.25, 0.3) is 0 Å². The van der Waals surface area contributed by atoms with E-state index in [0.717, 1.165) is 5.56 Å². The summed E-state index contributed by atoms with van der Waals surface area (Å²) in [7, 11) is 0. The fraction of sp³-hybridized carbons (Fsp3) is 0.333. The van der Waals surface area contributed by atoms with Crippen LogP contribution in [0.4, 0.5) is 0 Å². The van der Waals surface area contributed by atoms with Gasteiger partial charge in [0.2, 0.25) is 0 Å². The molecule has 0 aliphatic carbocycles. The van der Waals surface area contributed by atoms with Crippen LogP contribution in [0.3, 0.4) is 0 Å². The third kappa shape index (κ3) is 5.65. The fourth-order valence-electron chi connectivity index (χ4n) is 1.24. The molecule has 0 unspecified atom stereocenters. The number of nitriles is 1. The second kappa shape index (κ2) is 8.03. The molecule has 0 heterocycles. The van der Waals surface area contributed by atoms with Gasteiger partial charge in [-0.05, 0) is 0 Å². The molecule has 0 fully saturated rings. The SMILES string of the molecule is N#C[C@H](C[I-]N)CC(=O)OCc1ccccc1. The molecule has 1 aromatic carbocycles. The number of hydrogen-bond donors (Lipinski definition) is 1. The summed E-state index contributed by atoms with van der Waals surface area (Å²) in [5.41, 5.74) is 0.945. The van der Waals surface area contributed by atoms with Crippen molar-refractivity contribution in [1.29, 1.82) is 5.26 Å². The Bertz CT molecular complexity index is 389. The van der Waals surface area contributed by atoms with E-state index in [-0.39, 0.29) is 24.9 Å². The number of nitrogens with zero attached hydrogens (tertiary/aromatic N) is 1. The predicted molar refractivity (Wildman–Crippen MR) is 59.0 cm³/mol. The van der Waals surface area contributed by atoms with E-state index in [4.69, 9.17) is 13.9 Å². The third-order valence-corrected chi connectivity index (χ3v) is 3.69. The number of nitrogens with two attached hydrogens (primary N) is 1. The van der Waals surface area contributed by atoms with E-state index in [9.17, 15) is 4.79 Å². The van der Waals surface area contributed by atoms with Crippen molar-refractivity contribution in [2.45, 2.75) is 13.0 Å². The number of carbonyl (C=O) groups is 1. The number of esters is 1. The van der Waals surface area contributed by atoms with Crippen molar-refractivity contribution in [2.75, 3.05) is 4.43 Å². The molecule has 17 heavy (non-hydrogen) atoms. The van der Waals surface area contributed by atoms with Crippen LogP contribution in [0.15, 0.2) is 30.3 Å². The maximum atomic E-state index is 11.5. The Morgan fingerprint density at radius 1 is 1.47 bits per heavy atom. The first-order chi connectivity index (χ1) is 8.26. The van der Waals surface area contributed by atoms with E-state index in [1.165, 1.54) is 0 Å². The number of alkyl halides is 1. The Morgan fingerprint density at radius 3 is 2.76 bits per heavy atom. The zero-order valence-electron chi connectivity index (χ0n) is 9.30. The van der Waals surface area contributed by atoms with Crippen molar-refractivity contribution >= 4 is 5.97 Å². The molecule has 0 aliphatic rings. The molecule has 1 aromatic rings. The number of hydrogen-bond acceptors (Lipinski definition) is 4. The van der Waals surface area contributed by atoms with Crippen LogP contribution < -0.4 is 25.4 Å². The van der Waals surface area contributed by atoms with Gasteiger partial charge >= 0.3 is 112 Å². The molecule has 0 radical (unpaired) electrons. The van der Waals surface area contributed by atoms with Gasteiger partial charge in [-0.25, -0.2) is 0 Å². The van der Waals surface area contributed by atoms with Gasteiger partial charge < -0.3 is 0 Å². The Balaban J connectivity index is 2.33. The minimum atomic E-state index is -0.456. The first-order valence-corrected chi connectivity index (χ1v) is 7.90. The minimum absolute atomic E-state index is 0.139. The summed E-state index contributed by atoms with van der Waals surface area (Å²) >= 11 is -0.456. The third-order valence-electron chi connectivity index (χ3n) is 2.11. The van der Waals surface area contributed by atoms with Crippen molar-refractivity contribution in [3.8, 4) is 6.07 Å². The second-order valence-electron chi connectivity index (χ2n) is 3.49. The van der Waals surface area contributed by atoms with Crippen LogP contribution in [0.5, 0.6) is 0 Å². The van der Waals surface area contributed by atoms with Gasteiger partial charge in [0.25, 0.3) is 0 Å². The summed E-state index contributed by atoms with van der Waals surface area (Å²) < 4.78 is 11.2. The molecule has 0 spiro atoms. The number of ether oxygens (including phenoxy) is 1. The summed E-state index contributed by atoms with van der Waals surface area (Å²) in [5.74, 6) is -0.631. The molecule has 2 N–H and O–H groups in total. The second-order valence-corrected chi connectivity index (χ2v) is 5.25.